The number of anilines is 2. The molecule has 2 N–H and O–H groups in total. The van der Waals surface area contributed by atoms with Gasteiger partial charge < -0.3 is 39.2 Å². The molecule has 472 valence electrons. The first-order valence-corrected chi connectivity index (χ1v) is 31.6. The summed E-state index contributed by atoms with van der Waals surface area (Å²) in [5, 5.41) is 0. The van der Waals surface area contributed by atoms with Crippen LogP contribution in [0.15, 0.2) is 83.1 Å². The fraction of sp³-hybridized carbons (Fsp3) is 0.574. The van der Waals surface area contributed by atoms with E-state index in [-0.39, 0.29) is 61.5 Å². The topological polar surface area (TPSA) is 254 Å². The van der Waals surface area contributed by atoms with Crippen molar-refractivity contribution in [2.24, 2.45) is 17.6 Å². The lowest BCUT2D eigenvalue weighted by Gasteiger charge is -2.33. The van der Waals surface area contributed by atoms with Crippen LogP contribution >= 0.6 is 0 Å². The number of ether oxygens (including phenoxy) is 5. The molecule has 2 aliphatic rings. The van der Waals surface area contributed by atoms with Crippen LogP contribution < -0.4 is 25.0 Å². The normalized spacial score (nSPS) is 14.3. The van der Waals surface area contributed by atoms with Crippen molar-refractivity contribution in [2.75, 3.05) is 110 Å². The van der Waals surface area contributed by atoms with Crippen LogP contribution in [-0.4, -0.2) is 181 Å². The molecule has 0 bridgehead atoms. The number of piperidine rings is 2. The van der Waals surface area contributed by atoms with Crippen LogP contribution in [0.4, 0.5) is 21.0 Å². The summed E-state index contributed by atoms with van der Waals surface area (Å²) < 4.78 is 81.4. The van der Waals surface area contributed by atoms with Gasteiger partial charge in [0, 0.05) is 109 Å². The number of aryl methyl sites for hydroxylation is 4. The Morgan fingerprint density at radius 3 is 1.33 bits per heavy atom. The van der Waals surface area contributed by atoms with Crippen molar-refractivity contribution in [1.82, 2.24) is 28.4 Å². The van der Waals surface area contributed by atoms with Crippen molar-refractivity contribution in [2.45, 2.75) is 129 Å². The van der Waals surface area contributed by atoms with Crippen LogP contribution in [0.25, 0.3) is 0 Å². The van der Waals surface area contributed by atoms with Gasteiger partial charge in [-0.2, -0.15) is 8.61 Å². The third-order valence-corrected chi connectivity index (χ3v) is 18.8. The highest BCUT2D eigenvalue weighted by atomic mass is 32.2. The number of likely N-dealkylation sites (N-methyl/N-ethyl adjacent to an activating group) is 2. The van der Waals surface area contributed by atoms with E-state index < -0.39 is 43.4 Å². The van der Waals surface area contributed by atoms with Crippen LogP contribution in [0.2, 0.25) is 0 Å². The predicted octanol–water partition coefficient (Wildman–Crippen LogP) is 8.39. The third-order valence-electron chi connectivity index (χ3n) is 14.5. The van der Waals surface area contributed by atoms with E-state index >= 15 is 0 Å². The standard InChI is InChI=1S/C31H46N4O6S.C19H30N2O7S.C11H17N3/c1-23-20-28(40-7)21-24(2)29(23)42(38,39)33(6)18-19-35(30(37)41-31(3,4)5)22-27(36)9-8-25-12-16-34(17-13-25)26-10-14-32-15-11-26;1-14-10-16(26-7)11-15(2)17(14)29(24,25)20(6)8-9-21(12-27-13-22)18(23)28-19(3,4)5;12-9-10-3-7-14(8-4-10)11-1-5-13-6-2-11/h10-11,14-15,20-21,25H,8-9,12-13,16-19,22H2,1-7H3;10-11,13H,8-9,12H2,1-7H3;1-2,5-6,10H,3-4,7-9,12H2. The summed E-state index contributed by atoms with van der Waals surface area (Å²) in [5.41, 5.74) is 8.87. The van der Waals surface area contributed by atoms with Crippen LogP contribution in [-0.2, 0) is 43.8 Å². The van der Waals surface area contributed by atoms with Gasteiger partial charge in [-0.25, -0.2) is 26.4 Å². The monoisotopic (exact) mass is 1220 g/mol. The number of amides is 2. The molecule has 2 aromatic carbocycles. The first kappa shape index (κ1) is 70.9. The summed E-state index contributed by atoms with van der Waals surface area (Å²) in [6, 6.07) is 14.8. The van der Waals surface area contributed by atoms with Crippen molar-refractivity contribution >= 4 is 55.9 Å². The molecule has 0 radical (unpaired) electrons. The van der Waals surface area contributed by atoms with E-state index in [1.165, 1.54) is 56.0 Å². The average molecular weight is 1220 g/mol. The molecule has 0 atom stereocenters. The van der Waals surface area contributed by atoms with Crippen molar-refractivity contribution < 1.29 is 59.7 Å². The van der Waals surface area contributed by atoms with Gasteiger partial charge in [-0.15, -0.1) is 0 Å². The van der Waals surface area contributed by atoms with Crippen LogP contribution in [0.3, 0.4) is 0 Å². The Hall–Kier alpha value is -6.60. The summed E-state index contributed by atoms with van der Waals surface area (Å²) in [6.07, 6.45) is 11.5. The highest BCUT2D eigenvalue weighted by Gasteiger charge is 2.31. The minimum atomic E-state index is -3.85. The molecule has 2 aromatic heterocycles. The number of nitrogens with two attached hydrogens (primary N) is 1. The molecule has 6 rings (SSSR count). The Morgan fingerprint density at radius 1 is 0.612 bits per heavy atom. The number of hydrogen-bond donors (Lipinski definition) is 1. The second-order valence-corrected chi connectivity index (χ2v) is 27.4. The number of benzene rings is 2. The Bertz CT molecular complexity index is 2950. The smallest absolute Gasteiger partial charge is 0.413 e. The lowest BCUT2D eigenvalue weighted by molar-refractivity contribution is -0.132. The van der Waals surface area contributed by atoms with Gasteiger partial charge in [0.25, 0.3) is 6.47 Å². The van der Waals surface area contributed by atoms with Crippen molar-refractivity contribution in [3.05, 3.63) is 95.6 Å². The Morgan fingerprint density at radius 2 is 0.976 bits per heavy atom. The molecule has 85 heavy (non-hydrogen) atoms. The number of rotatable bonds is 23. The number of carbonyl (C=O) groups excluding carboxylic acids is 4. The van der Waals surface area contributed by atoms with Gasteiger partial charge in [-0.1, -0.05) is 0 Å². The number of methoxy groups -OCH3 is 2. The first-order chi connectivity index (χ1) is 39.9. The number of nitrogens with zero attached hydrogens (tertiary/aromatic N) is 8. The van der Waals surface area contributed by atoms with Crippen LogP contribution in [0.5, 0.6) is 11.5 Å². The molecule has 2 saturated heterocycles. The predicted molar refractivity (Wildman–Crippen MR) is 329 cm³/mol. The van der Waals surface area contributed by atoms with Gasteiger partial charge in [-0.3, -0.25) is 29.4 Å². The van der Waals surface area contributed by atoms with Gasteiger partial charge >= 0.3 is 12.2 Å². The molecule has 2 fully saturated rings. The molecule has 0 spiro atoms. The number of ketones is 1. The summed E-state index contributed by atoms with van der Waals surface area (Å²) in [6.45, 7) is 21.9. The highest BCUT2D eigenvalue weighted by Crippen LogP contribution is 2.31. The van der Waals surface area contributed by atoms with Gasteiger partial charge in [-0.05, 0) is 191 Å². The molecular weight excluding hydrogens is 1130 g/mol. The number of Topliss-reactive ketones (excluding diaryl/α,β-unsaturated/α-hetero) is 1. The zero-order chi connectivity index (χ0) is 63.3. The van der Waals surface area contributed by atoms with Crippen molar-refractivity contribution in [1.29, 1.82) is 0 Å². The molecule has 4 aromatic rings. The summed E-state index contributed by atoms with van der Waals surface area (Å²) in [7, 11) is -1.72. The van der Waals surface area contributed by atoms with Crippen LogP contribution in [0.1, 0.15) is 102 Å². The molecule has 0 unspecified atom stereocenters. The quantitative estimate of drug-likeness (QED) is 0.0415. The average Bonchev–Trinajstić information content (AvgIpc) is 2.71. The van der Waals surface area contributed by atoms with E-state index in [0.717, 1.165) is 72.8 Å². The van der Waals surface area contributed by atoms with E-state index in [4.69, 9.17) is 24.7 Å². The van der Waals surface area contributed by atoms with E-state index in [2.05, 4.69) is 36.6 Å². The Labute approximate surface area is 505 Å². The fourth-order valence-corrected chi connectivity index (χ4v) is 13.0. The van der Waals surface area contributed by atoms with E-state index in [1.54, 1.807) is 106 Å². The maximum absolute atomic E-state index is 13.5. The number of carbonyl (C=O) groups is 4. The molecule has 0 saturated carbocycles. The minimum absolute atomic E-state index is 0.00717. The van der Waals surface area contributed by atoms with Gasteiger partial charge in [0.1, 0.15) is 22.7 Å². The fourth-order valence-electron chi connectivity index (χ4n) is 9.84. The number of aromatic nitrogens is 2. The number of sulfonamides is 2. The summed E-state index contributed by atoms with van der Waals surface area (Å²) >= 11 is 0. The van der Waals surface area contributed by atoms with Crippen LogP contribution in [0, 0.1) is 39.5 Å². The molecule has 22 nitrogen and oxygen atoms in total. The molecule has 0 aliphatic carbocycles. The second-order valence-electron chi connectivity index (χ2n) is 23.5. The van der Waals surface area contributed by atoms with Gasteiger partial charge in [0.2, 0.25) is 20.0 Å². The second kappa shape index (κ2) is 32.8. The molecule has 2 aliphatic heterocycles. The maximum Gasteiger partial charge on any atom is 0.413 e. The lowest BCUT2D eigenvalue weighted by Crippen LogP contribution is -2.44. The Balaban J connectivity index is 0.000000308. The van der Waals surface area contributed by atoms with E-state index in [9.17, 15) is 36.0 Å². The Kier molecular flexibility index (Phi) is 27.3. The van der Waals surface area contributed by atoms with E-state index in [0.29, 0.717) is 46.1 Å². The number of hydrogen-bond acceptors (Lipinski definition) is 18. The van der Waals surface area contributed by atoms with Gasteiger partial charge in [0.15, 0.2) is 12.5 Å². The summed E-state index contributed by atoms with van der Waals surface area (Å²) in [5.74, 6) is 2.26. The number of pyridine rings is 2. The maximum atomic E-state index is 13.5. The molecular formula is C61H93N9O13S2. The van der Waals surface area contributed by atoms with Crippen molar-refractivity contribution in [3.63, 3.8) is 0 Å². The molecule has 2 amide bonds. The lowest BCUT2D eigenvalue weighted by atomic mass is 9.91. The summed E-state index contributed by atoms with van der Waals surface area (Å²) in [4.78, 5) is 64.6. The van der Waals surface area contributed by atoms with Gasteiger partial charge in [0.05, 0.1) is 30.6 Å². The largest absolute Gasteiger partial charge is 0.497 e. The minimum Gasteiger partial charge on any atom is -0.497 e. The zero-order valence-corrected chi connectivity index (χ0v) is 54.1. The van der Waals surface area contributed by atoms with E-state index in [1.807, 2.05) is 24.5 Å². The highest BCUT2D eigenvalue weighted by molar-refractivity contribution is 7.89. The third kappa shape index (κ3) is 22.3. The zero-order valence-electron chi connectivity index (χ0n) is 52.5. The molecule has 4 heterocycles. The van der Waals surface area contributed by atoms with Crippen molar-refractivity contribution in [3.8, 4) is 11.5 Å². The SMILES string of the molecule is COc1cc(C)c(S(=O)(=O)N(C)CCN(CC(=O)CCC2CCN(c3ccncc3)CC2)C(=O)OC(C)(C)C)c(C)c1.COc1cc(C)c(S(=O)(=O)N(C)CCN(COC=O)C(=O)OC(C)(C)C)c(C)c1.NCC1CCN(c2ccncc2)CC1. The first-order valence-electron chi connectivity index (χ1n) is 28.7. The molecule has 24 heteroatoms.